The lowest BCUT2D eigenvalue weighted by atomic mass is 10.0. The molecule has 3 unspecified atom stereocenters. The molecule has 0 amide bonds. The number of phosphoric ester groups is 2. The summed E-state index contributed by atoms with van der Waals surface area (Å²) < 4.78 is 56.6. The third kappa shape index (κ3) is 28.3. The smallest absolute Gasteiger partial charge is 0.462 e. The number of nitrogen functional groups attached to an aromatic ring is 1. The number of carbonyl (C=O) groups is 2. The van der Waals surface area contributed by atoms with Crippen molar-refractivity contribution in [3.05, 3.63) is 59.2 Å². The standard InChI is InChI=1S/C46H79N3O16P2/c1-3-5-7-9-11-12-13-14-15-16-18-22-26-30-41(51)60-34-38(63-42(52)31-27-23-19-21-25-29-37(50)28-24-20-17-10-8-6-4-2)35-61-66(56,57)65-67(58,59)62-36-39-43(53)44(54)45(64-39)49-33-32-40(47)48-46(49)55/h6,8,17,20,24,28,32-33,37-39,43-45,50,53-54H,3-5,7,9-16,18-19,21-23,25-27,29-31,34-36H2,1-2H3,(H,56,57)(H,58,59)(H2,47,48,55)/b8-6+,20-17+,28-24+/t37?,38-,39-,43-,44-,45-/m1/s1. The maximum Gasteiger partial charge on any atom is 0.481 e. The van der Waals surface area contributed by atoms with Gasteiger partial charge in [0.1, 0.15) is 30.7 Å². The summed E-state index contributed by atoms with van der Waals surface area (Å²) in [5.74, 6) is -1.37. The number of nitrogens with zero attached hydrogens (tertiary/aromatic N) is 2. The maximum absolute atomic E-state index is 12.8. The average Bonchev–Trinajstić information content (AvgIpc) is 3.55. The minimum absolute atomic E-state index is 0.0182. The molecule has 19 nitrogen and oxygen atoms in total. The number of unbranched alkanes of at least 4 members (excludes halogenated alkanes) is 16. The first-order chi connectivity index (χ1) is 32.1. The van der Waals surface area contributed by atoms with E-state index in [-0.39, 0.29) is 18.7 Å². The van der Waals surface area contributed by atoms with Crippen LogP contribution in [0.5, 0.6) is 0 Å². The summed E-state index contributed by atoms with van der Waals surface area (Å²) in [4.78, 5) is 61.8. The van der Waals surface area contributed by atoms with E-state index in [1.165, 1.54) is 57.4 Å². The summed E-state index contributed by atoms with van der Waals surface area (Å²) >= 11 is 0. The third-order valence-corrected chi connectivity index (χ3v) is 13.4. The number of carbonyl (C=O) groups excluding carboxylic acids is 2. The largest absolute Gasteiger partial charge is 0.481 e. The Bertz CT molecular complexity index is 1780. The van der Waals surface area contributed by atoms with Crippen molar-refractivity contribution < 1.29 is 71.4 Å². The lowest BCUT2D eigenvalue weighted by molar-refractivity contribution is -0.161. The zero-order valence-electron chi connectivity index (χ0n) is 39.6. The molecule has 67 heavy (non-hydrogen) atoms. The number of nitrogens with two attached hydrogens (primary N) is 1. The van der Waals surface area contributed by atoms with Crippen molar-refractivity contribution in [2.75, 3.05) is 25.6 Å². The Labute approximate surface area is 396 Å². The van der Waals surface area contributed by atoms with Gasteiger partial charge in [0.2, 0.25) is 0 Å². The van der Waals surface area contributed by atoms with Gasteiger partial charge in [0.25, 0.3) is 0 Å². The van der Waals surface area contributed by atoms with Gasteiger partial charge in [-0.3, -0.25) is 23.2 Å². The monoisotopic (exact) mass is 991 g/mol. The van der Waals surface area contributed by atoms with Crippen molar-refractivity contribution in [1.82, 2.24) is 9.55 Å². The van der Waals surface area contributed by atoms with E-state index in [0.717, 1.165) is 68.6 Å². The van der Waals surface area contributed by atoms with E-state index < -0.39 is 89.8 Å². The van der Waals surface area contributed by atoms with E-state index >= 15 is 0 Å². The first-order valence-corrected chi connectivity index (χ1v) is 27.1. The minimum Gasteiger partial charge on any atom is -0.462 e. The van der Waals surface area contributed by atoms with Crippen LogP contribution in [0.3, 0.4) is 0 Å². The number of anilines is 1. The normalized spacial score (nSPS) is 20.3. The highest BCUT2D eigenvalue weighted by Gasteiger charge is 2.46. The van der Waals surface area contributed by atoms with Crippen LogP contribution in [0.2, 0.25) is 0 Å². The molecule has 0 aromatic carbocycles. The first kappa shape index (κ1) is 60.1. The minimum atomic E-state index is -5.44. The number of rotatable bonds is 39. The van der Waals surface area contributed by atoms with Crippen molar-refractivity contribution in [3.8, 4) is 0 Å². The molecule has 8 atom stereocenters. The molecule has 0 aliphatic carbocycles. The number of hydrogen-bond acceptors (Lipinski definition) is 16. The lowest BCUT2D eigenvalue weighted by Gasteiger charge is -2.21. The molecule has 1 aromatic heterocycles. The number of ether oxygens (including phenoxy) is 3. The maximum atomic E-state index is 12.8. The van der Waals surface area contributed by atoms with Gasteiger partial charge in [-0.25, -0.2) is 13.9 Å². The van der Waals surface area contributed by atoms with Crippen molar-refractivity contribution in [2.45, 2.75) is 198 Å². The fourth-order valence-corrected chi connectivity index (χ4v) is 9.20. The van der Waals surface area contributed by atoms with Crippen LogP contribution in [0.4, 0.5) is 5.82 Å². The zero-order chi connectivity index (χ0) is 49.3. The third-order valence-electron chi connectivity index (χ3n) is 10.8. The zero-order valence-corrected chi connectivity index (χ0v) is 41.3. The van der Waals surface area contributed by atoms with Crippen LogP contribution in [-0.4, -0.2) is 96.9 Å². The van der Waals surface area contributed by atoms with Gasteiger partial charge < -0.3 is 45.1 Å². The molecule has 21 heteroatoms. The van der Waals surface area contributed by atoms with Gasteiger partial charge in [0.15, 0.2) is 12.3 Å². The summed E-state index contributed by atoms with van der Waals surface area (Å²) in [6.45, 7) is 1.92. The number of aliphatic hydroxyl groups excluding tert-OH is 3. The van der Waals surface area contributed by atoms with E-state index in [0.29, 0.717) is 25.7 Å². The molecule has 2 rings (SSSR count). The topological polar surface area (TPSA) is 286 Å². The molecule has 1 aliphatic rings. The average molecular weight is 992 g/mol. The van der Waals surface area contributed by atoms with Crippen LogP contribution in [0.25, 0.3) is 0 Å². The molecular weight excluding hydrogens is 912 g/mol. The van der Waals surface area contributed by atoms with E-state index in [9.17, 15) is 48.6 Å². The van der Waals surface area contributed by atoms with Crippen molar-refractivity contribution in [1.29, 1.82) is 0 Å². The Morgan fingerprint density at radius 3 is 1.99 bits per heavy atom. The summed E-state index contributed by atoms with van der Waals surface area (Å²) in [5.41, 5.74) is 4.57. The van der Waals surface area contributed by atoms with Crippen LogP contribution in [0.1, 0.15) is 168 Å². The van der Waals surface area contributed by atoms with Gasteiger partial charge in [0, 0.05) is 19.0 Å². The number of phosphoric acid groups is 2. The lowest BCUT2D eigenvalue weighted by Crippen LogP contribution is -2.36. The van der Waals surface area contributed by atoms with Crippen LogP contribution in [0, 0.1) is 0 Å². The molecule has 384 valence electrons. The molecule has 1 saturated heterocycles. The molecular formula is C46H79N3O16P2. The fraction of sp³-hybridized carbons (Fsp3) is 0.739. The molecule has 2 heterocycles. The van der Waals surface area contributed by atoms with Crippen LogP contribution >= 0.6 is 15.6 Å². The molecule has 7 N–H and O–H groups in total. The molecule has 1 aliphatic heterocycles. The van der Waals surface area contributed by atoms with E-state index in [1.54, 1.807) is 6.08 Å². The first-order valence-electron chi connectivity index (χ1n) is 24.1. The molecule has 1 aromatic rings. The Hall–Kier alpha value is -3.06. The second-order valence-electron chi connectivity index (χ2n) is 16.8. The fourth-order valence-electron chi connectivity index (χ4n) is 7.09. The van der Waals surface area contributed by atoms with Gasteiger partial charge in [-0.1, -0.05) is 153 Å². The Morgan fingerprint density at radius 2 is 1.37 bits per heavy atom. The van der Waals surface area contributed by atoms with Crippen molar-refractivity contribution >= 4 is 33.4 Å². The second-order valence-corrected chi connectivity index (χ2v) is 19.8. The number of allylic oxidation sites excluding steroid dienone is 5. The molecule has 0 bridgehead atoms. The Kier molecular flexibility index (Phi) is 31.5. The number of aromatic nitrogens is 2. The summed E-state index contributed by atoms with van der Waals surface area (Å²) in [5, 5.41) is 31.1. The Balaban J connectivity index is 1.84. The van der Waals surface area contributed by atoms with Crippen LogP contribution in [0.15, 0.2) is 53.5 Å². The molecule has 0 radical (unpaired) electrons. The molecule has 0 saturated carbocycles. The quantitative estimate of drug-likeness (QED) is 0.0119. The predicted molar refractivity (Wildman–Crippen MR) is 253 cm³/mol. The van der Waals surface area contributed by atoms with Crippen LogP contribution < -0.4 is 11.4 Å². The highest BCUT2D eigenvalue weighted by molar-refractivity contribution is 7.61. The van der Waals surface area contributed by atoms with Gasteiger partial charge >= 0.3 is 33.3 Å². The van der Waals surface area contributed by atoms with Gasteiger partial charge in [0.05, 0.1) is 19.3 Å². The number of esters is 2. The van der Waals surface area contributed by atoms with E-state index in [1.807, 2.05) is 18.2 Å². The predicted octanol–water partition coefficient (Wildman–Crippen LogP) is 8.19. The molecule has 1 fully saturated rings. The Morgan fingerprint density at radius 1 is 0.791 bits per heavy atom. The highest BCUT2D eigenvalue weighted by atomic mass is 31.3. The summed E-state index contributed by atoms with van der Waals surface area (Å²) in [6, 6.07) is 1.24. The second kappa shape index (κ2) is 35.1. The SMILES string of the molecule is CC/C=C/C/C=C/C=C/C(O)CCCCCCCC(=O)O[C@H](COC(=O)CCCCCCCCCCCCCCC)COP(=O)(O)OP(=O)(O)OC[C@H]1O[C@@H](n2ccc(N)nc2=O)[C@H](O)[C@@H]1O. The summed E-state index contributed by atoms with van der Waals surface area (Å²) in [6.07, 6.45) is 25.3. The van der Waals surface area contributed by atoms with E-state index in [2.05, 4.69) is 35.3 Å². The highest BCUT2D eigenvalue weighted by Crippen LogP contribution is 2.60. The van der Waals surface area contributed by atoms with Gasteiger partial charge in [-0.15, -0.1) is 0 Å². The van der Waals surface area contributed by atoms with Crippen molar-refractivity contribution in [3.63, 3.8) is 0 Å². The van der Waals surface area contributed by atoms with Crippen LogP contribution in [-0.2, 0) is 46.3 Å². The van der Waals surface area contributed by atoms with E-state index in [4.69, 9.17) is 29.0 Å². The number of aliphatic hydroxyl groups is 3. The van der Waals surface area contributed by atoms with Crippen molar-refractivity contribution in [2.24, 2.45) is 0 Å². The van der Waals surface area contributed by atoms with Gasteiger partial charge in [-0.05, 0) is 38.2 Å². The summed E-state index contributed by atoms with van der Waals surface area (Å²) in [7, 11) is -10.9. The molecule has 0 spiro atoms. The van der Waals surface area contributed by atoms with Gasteiger partial charge in [-0.2, -0.15) is 9.29 Å². The number of hydrogen-bond donors (Lipinski definition) is 6.